The first-order valence-corrected chi connectivity index (χ1v) is 9.96. The molecular formula is C20H22N6O2S. The second-order valence-corrected chi connectivity index (χ2v) is 7.93. The van der Waals surface area contributed by atoms with E-state index in [4.69, 9.17) is 0 Å². The molecule has 1 heterocycles. The SMILES string of the molecule is Cc1ccc(NC(=O)NC(=O)[C@H](C)Sc2nnnn2Cc2ccccc2)c(C)c1. The van der Waals surface area contributed by atoms with E-state index in [1.165, 1.54) is 11.8 Å². The summed E-state index contributed by atoms with van der Waals surface area (Å²) in [5.74, 6) is -0.425. The van der Waals surface area contributed by atoms with Crippen molar-refractivity contribution in [2.45, 2.75) is 37.7 Å². The zero-order chi connectivity index (χ0) is 20.8. The van der Waals surface area contributed by atoms with Crippen LogP contribution in [0, 0.1) is 13.8 Å². The van der Waals surface area contributed by atoms with E-state index in [1.807, 2.05) is 62.4 Å². The van der Waals surface area contributed by atoms with E-state index in [-0.39, 0.29) is 0 Å². The molecule has 0 unspecified atom stereocenters. The number of hydrogen-bond acceptors (Lipinski definition) is 6. The highest BCUT2D eigenvalue weighted by Gasteiger charge is 2.20. The van der Waals surface area contributed by atoms with Crippen molar-refractivity contribution in [3.63, 3.8) is 0 Å². The minimum absolute atomic E-state index is 0.425. The summed E-state index contributed by atoms with van der Waals surface area (Å²) in [4.78, 5) is 24.6. The third-order valence-electron chi connectivity index (χ3n) is 4.19. The number of benzene rings is 2. The van der Waals surface area contributed by atoms with Gasteiger partial charge in [0.2, 0.25) is 11.1 Å². The third kappa shape index (κ3) is 5.64. The molecule has 0 aliphatic carbocycles. The highest BCUT2D eigenvalue weighted by atomic mass is 32.2. The summed E-state index contributed by atoms with van der Waals surface area (Å²) in [5.41, 5.74) is 3.73. The second-order valence-electron chi connectivity index (χ2n) is 6.63. The van der Waals surface area contributed by atoms with Gasteiger partial charge in [-0.15, -0.1) is 5.10 Å². The lowest BCUT2D eigenvalue weighted by Crippen LogP contribution is -2.39. The number of aryl methyl sites for hydroxylation is 2. The number of nitrogens with zero attached hydrogens (tertiary/aromatic N) is 4. The monoisotopic (exact) mass is 410 g/mol. The predicted molar refractivity (Wildman–Crippen MR) is 112 cm³/mol. The fourth-order valence-corrected chi connectivity index (χ4v) is 3.46. The number of rotatable bonds is 6. The summed E-state index contributed by atoms with van der Waals surface area (Å²) in [5, 5.41) is 16.7. The highest BCUT2D eigenvalue weighted by molar-refractivity contribution is 8.00. The number of thioether (sulfide) groups is 1. The van der Waals surface area contributed by atoms with Gasteiger partial charge < -0.3 is 5.32 Å². The number of carbonyl (C=O) groups excluding carboxylic acids is 2. The van der Waals surface area contributed by atoms with Crippen LogP contribution in [0.15, 0.2) is 53.7 Å². The lowest BCUT2D eigenvalue weighted by Gasteiger charge is -2.13. The van der Waals surface area contributed by atoms with Gasteiger partial charge in [0.1, 0.15) is 0 Å². The molecule has 0 fully saturated rings. The van der Waals surface area contributed by atoms with E-state index in [1.54, 1.807) is 11.6 Å². The van der Waals surface area contributed by atoms with E-state index in [2.05, 4.69) is 26.2 Å². The summed E-state index contributed by atoms with van der Waals surface area (Å²) in [6, 6.07) is 14.9. The molecule has 150 valence electrons. The van der Waals surface area contributed by atoms with Crippen molar-refractivity contribution in [3.05, 3.63) is 65.2 Å². The summed E-state index contributed by atoms with van der Waals surface area (Å²) in [6.07, 6.45) is 0. The van der Waals surface area contributed by atoms with Crippen molar-refractivity contribution in [2.75, 3.05) is 5.32 Å². The van der Waals surface area contributed by atoms with Gasteiger partial charge in [0.05, 0.1) is 11.8 Å². The van der Waals surface area contributed by atoms with E-state index < -0.39 is 17.2 Å². The summed E-state index contributed by atoms with van der Waals surface area (Å²) >= 11 is 1.19. The Bertz CT molecular complexity index is 1010. The van der Waals surface area contributed by atoms with Gasteiger partial charge in [0.25, 0.3) is 0 Å². The van der Waals surface area contributed by atoms with Crippen molar-refractivity contribution in [3.8, 4) is 0 Å². The Morgan fingerprint density at radius 2 is 1.90 bits per heavy atom. The van der Waals surface area contributed by atoms with Crippen molar-refractivity contribution < 1.29 is 9.59 Å². The van der Waals surface area contributed by atoms with Gasteiger partial charge in [-0.2, -0.15) is 0 Å². The van der Waals surface area contributed by atoms with Crippen LogP contribution in [-0.2, 0) is 11.3 Å². The summed E-state index contributed by atoms with van der Waals surface area (Å²) in [6.45, 7) is 6.07. The maximum absolute atomic E-state index is 12.4. The van der Waals surface area contributed by atoms with Gasteiger partial charge in [0.15, 0.2) is 0 Å². The molecule has 0 saturated heterocycles. The Balaban J connectivity index is 1.57. The number of imide groups is 1. The molecule has 0 radical (unpaired) electrons. The number of urea groups is 1. The van der Waals surface area contributed by atoms with Gasteiger partial charge in [-0.25, -0.2) is 9.48 Å². The molecule has 3 aromatic rings. The molecule has 1 aromatic heterocycles. The van der Waals surface area contributed by atoms with Gasteiger partial charge in [-0.05, 0) is 48.4 Å². The van der Waals surface area contributed by atoms with Gasteiger partial charge in [-0.3, -0.25) is 10.1 Å². The molecule has 2 N–H and O–H groups in total. The Labute approximate surface area is 173 Å². The van der Waals surface area contributed by atoms with E-state index >= 15 is 0 Å². The molecule has 3 amide bonds. The van der Waals surface area contributed by atoms with E-state index in [9.17, 15) is 9.59 Å². The maximum Gasteiger partial charge on any atom is 0.325 e. The first-order valence-electron chi connectivity index (χ1n) is 9.08. The van der Waals surface area contributed by atoms with Crippen LogP contribution in [0.1, 0.15) is 23.6 Å². The largest absolute Gasteiger partial charge is 0.325 e. The number of amides is 3. The quantitative estimate of drug-likeness (QED) is 0.605. The van der Waals surface area contributed by atoms with Gasteiger partial charge in [-0.1, -0.05) is 59.8 Å². The number of nitrogens with one attached hydrogen (secondary N) is 2. The Morgan fingerprint density at radius 3 is 2.62 bits per heavy atom. The molecule has 0 aliphatic rings. The zero-order valence-electron chi connectivity index (χ0n) is 16.4. The van der Waals surface area contributed by atoms with Gasteiger partial charge >= 0.3 is 6.03 Å². The Morgan fingerprint density at radius 1 is 1.14 bits per heavy atom. The second kappa shape index (κ2) is 9.33. The van der Waals surface area contributed by atoms with E-state index in [0.29, 0.717) is 17.4 Å². The Kier molecular flexibility index (Phi) is 6.61. The standard InChI is InChI=1S/C20H22N6O2S/c1-13-9-10-17(14(2)11-13)21-19(28)22-18(27)15(3)29-20-23-24-25-26(20)12-16-7-5-4-6-8-16/h4-11,15H,12H2,1-3H3,(H2,21,22,27,28)/t15-/m0/s1. The number of hydrogen-bond donors (Lipinski definition) is 2. The smallest absolute Gasteiger partial charge is 0.307 e. The molecule has 3 rings (SSSR count). The first kappa shape index (κ1) is 20.5. The van der Waals surface area contributed by atoms with Crippen LogP contribution in [-0.4, -0.2) is 37.4 Å². The molecule has 0 aliphatic heterocycles. The van der Waals surface area contributed by atoms with Gasteiger partial charge in [0, 0.05) is 5.69 Å². The van der Waals surface area contributed by atoms with Crippen LogP contribution in [0.25, 0.3) is 0 Å². The number of carbonyl (C=O) groups is 2. The minimum Gasteiger partial charge on any atom is -0.307 e. The average molecular weight is 411 g/mol. The summed E-state index contributed by atoms with van der Waals surface area (Å²) < 4.78 is 1.62. The van der Waals surface area contributed by atoms with Crippen molar-refractivity contribution in [1.29, 1.82) is 0 Å². The molecule has 0 bridgehead atoms. The molecule has 1 atom stereocenters. The van der Waals surface area contributed by atoms with Crippen molar-refractivity contribution >= 4 is 29.4 Å². The van der Waals surface area contributed by atoms with Crippen LogP contribution in [0.3, 0.4) is 0 Å². The fourth-order valence-electron chi connectivity index (χ4n) is 2.67. The van der Waals surface area contributed by atoms with Crippen LogP contribution in [0.2, 0.25) is 0 Å². The predicted octanol–water partition coefficient (Wildman–Crippen LogP) is 3.17. The molecule has 29 heavy (non-hydrogen) atoms. The van der Waals surface area contributed by atoms with E-state index in [0.717, 1.165) is 16.7 Å². The normalized spacial score (nSPS) is 11.7. The third-order valence-corrected chi connectivity index (χ3v) is 5.26. The lowest BCUT2D eigenvalue weighted by molar-refractivity contribution is -0.119. The van der Waals surface area contributed by atoms with Crippen LogP contribution >= 0.6 is 11.8 Å². The zero-order valence-corrected chi connectivity index (χ0v) is 17.2. The molecule has 2 aromatic carbocycles. The van der Waals surface area contributed by atoms with Crippen LogP contribution in [0.5, 0.6) is 0 Å². The first-order chi connectivity index (χ1) is 13.9. The minimum atomic E-state index is -0.571. The topological polar surface area (TPSA) is 102 Å². The Hall–Kier alpha value is -3.20. The van der Waals surface area contributed by atoms with Crippen LogP contribution in [0.4, 0.5) is 10.5 Å². The highest BCUT2D eigenvalue weighted by Crippen LogP contribution is 2.21. The number of tetrazole rings is 1. The lowest BCUT2D eigenvalue weighted by atomic mass is 10.1. The molecule has 0 spiro atoms. The summed E-state index contributed by atoms with van der Waals surface area (Å²) in [7, 11) is 0. The molecule has 8 nitrogen and oxygen atoms in total. The number of aromatic nitrogens is 4. The average Bonchev–Trinajstić information content (AvgIpc) is 3.11. The van der Waals surface area contributed by atoms with Crippen molar-refractivity contribution in [1.82, 2.24) is 25.5 Å². The van der Waals surface area contributed by atoms with Crippen molar-refractivity contribution in [2.24, 2.45) is 0 Å². The van der Waals surface area contributed by atoms with Crippen LogP contribution < -0.4 is 10.6 Å². The molecular weight excluding hydrogens is 388 g/mol. The fraction of sp³-hybridized carbons (Fsp3) is 0.250. The molecule has 0 saturated carbocycles. The maximum atomic E-state index is 12.4. The number of anilines is 1. The molecule has 9 heteroatoms.